The van der Waals surface area contributed by atoms with E-state index in [9.17, 15) is 4.79 Å². The van der Waals surface area contributed by atoms with Gasteiger partial charge in [-0.15, -0.1) is 0 Å². The molecule has 7 heteroatoms. The molecule has 0 spiro atoms. The normalized spacial score (nSPS) is 10.2. The minimum Gasteiger partial charge on any atom is -0.396 e. The van der Waals surface area contributed by atoms with Gasteiger partial charge in [0.25, 0.3) is 5.91 Å². The molecule has 0 aliphatic rings. The Balaban J connectivity index is 2.01. The van der Waals surface area contributed by atoms with E-state index in [1.165, 1.54) is 11.0 Å². The first-order valence-corrected chi connectivity index (χ1v) is 4.99. The first kappa shape index (κ1) is 11.1. The van der Waals surface area contributed by atoms with Gasteiger partial charge in [0.1, 0.15) is 6.33 Å². The molecule has 1 amide bonds. The first-order chi connectivity index (χ1) is 8.16. The molecule has 0 bridgehead atoms. The van der Waals surface area contributed by atoms with Crippen LogP contribution in [0.15, 0.2) is 24.8 Å². The van der Waals surface area contributed by atoms with Crippen molar-refractivity contribution in [3.8, 4) is 0 Å². The van der Waals surface area contributed by atoms with Gasteiger partial charge in [0.05, 0.1) is 17.9 Å². The number of hydrogen-bond acceptors (Lipinski definition) is 5. The molecular formula is C10H12N6O. The molecule has 0 saturated carbocycles. The largest absolute Gasteiger partial charge is 0.396 e. The molecule has 17 heavy (non-hydrogen) atoms. The highest BCUT2D eigenvalue weighted by molar-refractivity contribution is 5.96. The SMILES string of the molecule is Cn1cc(N)c(C(=O)NCc2ccncn2)n1. The van der Waals surface area contributed by atoms with E-state index in [0.717, 1.165) is 5.69 Å². The molecule has 0 unspecified atom stereocenters. The number of rotatable bonds is 3. The fourth-order valence-corrected chi connectivity index (χ4v) is 1.36. The Kier molecular flexibility index (Phi) is 2.99. The molecule has 88 valence electrons. The molecule has 2 heterocycles. The summed E-state index contributed by atoms with van der Waals surface area (Å²) in [6.45, 7) is 0.317. The molecule has 0 saturated heterocycles. The summed E-state index contributed by atoms with van der Waals surface area (Å²) in [5.41, 5.74) is 6.94. The number of amides is 1. The van der Waals surface area contributed by atoms with E-state index in [-0.39, 0.29) is 11.6 Å². The maximum Gasteiger partial charge on any atom is 0.274 e. The Labute approximate surface area is 97.7 Å². The van der Waals surface area contributed by atoms with Gasteiger partial charge in [-0.3, -0.25) is 9.48 Å². The molecule has 2 aromatic rings. The van der Waals surface area contributed by atoms with Crippen LogP contribution in [-0.4, -0.2) is 25.7 Å². The Morgan fingerprint density at radius 2 is 2.41 bits per heavy atom. The van der Waals surface area contributed by atoms with Gasteiger partial charge in [0.2, 0.25) is 0 Å². The molecule has 0 aromatic carbocycles. The summed E-state index contributed by atoms with van der Waals surface area (Å²) in [6.07, 6.45) is 4.62. The lowest BCUT2D eigenvalue weighted by Gasteiger charge is -2.02. The molecule has 3 N–H and O–H groups in total. The predicted molar refractivity (Wildman–Crippen MR) is 60.8 cm³/mol. The third-order valence-corrected chi connectivity index (χ3v) is 2.15. The topological polar surface area (TPSA) is 98.7 Å². The molecule has 2 aromatic heterocycles. The number of carbonyl (C=O) groups excluding carboxylic acids is 1. The lowest BCUT2D eigenvalue weighted by Crippen LogP contribution is -2.24. The van der Waals surface area contributed by atoms with Gasteiger partial charge in [0, 0.05) is 19.4 Å². The molecule has 2 rings (SSSR count). The van der Waals surface area contributed by atoms with E-state index < -0.39 is 0 Å². The number of nitrogens with one attached hydrogen (secondary N) is 1. The monoisotopic (exact) mass is 232 g/mol. The Bertz CT molecular complexity index is 521. The van der Waals surface area contributed by atoms with Crippen molar-refractivity contribution in [3.05, 3.63) is 36.2 Å². The van der Waals surface area contributed by atoms with Crippen molar-refractivity contribution in [1.29, 1.82) is 0 Å². The minimum atomic E-state index is -0.318. The van der Waals surface area contributed by atoms with Crippen LogP contribution in [0, 0.1) is 0 Å². The fourth-order valence-electron chi connectivity index (χ4n) is 1.36. The molecule has 0 aliphatic carbocycles. The maximum absolute atomic E-state index is 11.7. The van der Waals surface area contributed by atoms with Crippen molar-refractivity contribution < 1.29 is 4.79 Å². The lowest BCUT2D eigenvalue weighted by atomic mass is 10.3. The average molecular weight is 232 g/mol. The molecule has 0 atom stereocenters. The van der Waals surface area contributed by atoms with Crippen LogP contribution in [0.2, 0.25) is 0 Å². The summed E-state index contributed by atoms with van der Waals surface area (Å²) in [6, 6.07) is 1.72. The average Bonchev–Trinajstić information content (AvgIpc) is 2.67. The number of carbonyl (C=O) groups is 1. The number of hydrogen-bond donors (Lipinski definition) is 2. The minimum absolute atomic E-state index is 0.224. The van der Waals surface area contributed by atoms with Crippen molar-refractivity contribution in [3.63, 3.8) is 0 Å². The molecule has 0 fully saturated rings. The van der Waals surface area contributed by atoms with Gasteiger partial charge < -0.3 is 11.1 Å². The van der Waals surface area contributed by atoms with Crippen molar-refractivity contribution in [1.82, 2.24) is 25.1 Å². The van der Waals surface area contributed by atoms with Crippen LogP contribution in [0.5, 0.6) is 0 Å². The summed E-state index contributed by atoms with van der Waals surface area (Å²) < 4.78 is 1.49. The standard InChI is InChI=1S/C10H12N6O/c1-16-5-8(11)9(15-16)10(17)13-4-7-2-3-12-6-14-7/h2-3,5-6H,4,11H2,1H3,(H,13,17). The van der Waals surface area contributed by atoms with Crippen molar-refractivity contribution in [2.24, 2.45) is 7.05 Å². The van der Waals surface area contributed by atoms with Crippen molar-refractivity contribution in [2.75, 3.05) is 5.73 Å². The van der Waals surface area contributed by atoms with E-state index in [0.29, 0.717) is 12.2 Å². The molecule has 7 nitrogen and oxygen atoms in total. The summed E-state index contributed by atoms with van der Waals surface area (Å²) in [5, 5.41) is 6.65. The molecule has 0 radical (unpaired) electrons. The van der Waals surface area contributed by atoms with Crippen LogP contribution in [0.1, 0.15) is 16.2 Å². The van der Waals surface area contributed by atoms with Crippen LogP contribution >= 0.6 is 0 Å². The number of nitrogens with zero attached hydrogens (tertiary/aromatic N) is 4. The van der Waals surface area contributed by atoms with E-state index >= 15 is 0 Å². The number of nitrogen functional groups attached to an aromatic ring is 1. The zero-order valence-electron chi connectivity index (χ0n) is 9.29. The summed E-state index contributed by atoms with van der Waals surface area (Å²) in [4.78, 5) is 19.5. The Morgan fingerprint density at radius 3 is 3.00 bits per heavy atom. The highest BCUT2D eigenvalue weighted by atomic mass is 16.2. The van der Waals surface area contributed by atoms with Crippen LogP contribution in [0.4, 0.5) is 5.69 Å². The zero-order chi connectivity index (χ0) is 12.3. The van der Waals surface area contributed by atoms with Gasteiger partial charge in [-0.05, 0) is 6.07 Å². The van der Waals surface area contributed by atoms with E-state index in [2.05, 4.69) is 20.4 Å². The smallest absolute Gasteiger partial charge is 0.274 e. The lowest BCUT2D eigenvalue weighted by molar-refractivity contribution is 0.0945. The van der Waals surface area contributed by atoms with Crippen LogP contribution in [0.25, 0.3) is 0 Å². The van der Waals surface area contributed by atoms with Crippen LogP contribution < -0.4 is 11.1 Å². The third-order valence-electron chi connectivity index (χ3n) is 2.15. The second-order valence-electron chi connectivity index (χ2n) is 3.49. The first-order valence-electron chi connectivity index (χ1n) is 4.99. The van der Waals surface area contributed by atoms with Gasteiger partial charge in [-0.25, -0.2) is 9.97 Å². The Hall–Kier alpha value is -2.44. The van der Waals surface area contributed by atoms with Crippen molar-refractivity contribution >= 4 is 11.6 Å². The second kappa shape index (κ2) is 4.60. The summed E-state index contributed by atoms with van der Waals surface area (Å²) >= 11 is 0. The predicted octanol–water partition coefficient (Wildman–Crippen LogP) is -0.278. The van der Waals surface area contributed by atoms with Gasteiger partial charge in [-0.2, -0.15) is 5.10 Å². The number of nitrogens with two attached hydrogens (primary N) is 1. The Morgan fingerprint density at radius 1 is 1.59 bits per heavy atom. The highest BCUT2D eigenvalue weighted by Gasteiger charge is 2.13. The summed E-state index contributed by atoms with van der Waals surface area (Å²) in [5.74, 6) is -0.318. The highest BCUT2D eigenvalue weighted by Crippen LogP contribution is 2.07. The summed E-state index contributed by atoms with van der Waals surface area (Å²) in [7, 11) is 1.71. The second-order valence-corrected chi connectivity index (χ2v) is 3.49. The third kappa shape index (κ3) is 2.57. The maximum atomic E-state index is 11.7. The van der Waals surface area contributed by atoms with Gasteiger partial charge >= 0.3 is 0 Å². The van der Waals surface area contributed by atoms with Crippen molar-refractivity contribution in [2.45, 2.75) is 6.54 Å². The molecular weight excluding hydrogens is 220 g/mol. The fraction of sp³-hybridized carbons (Fsp3) is 0.200. The van der Waals surface area contributed by atoms with E-state index in [1.807, 2.05) is 0 Å². The zero-order valence-corrected chi connectivity index (χ0v) is 9.29. The van der Waals surface area contributed by atoms with Gasteiger partial charge in [0.15, 0.2) is 5.69 Å². The van der Waals surface area contributed by atoms with Crippen LogP contribution in [-0.2, 0) is 13.6 Å². The number of anilines is 1. The number of aromatic nitrogens is 4. The number of aryl methyl sites for hydroxylation is 1. The van der Waals surface area contributed by atoms with Gasteiger partial charge in [-0.1, -0.05) is 0 Å². The molecule has 0 aliphatic heterocycles. The van der Waals surface area contributed by atoms with E-state index in [1.54, 1.807) is 25.5 Å². The quantitative estimate of drug-likeness (QED) is 0.758. The van der Waals surface area contributed by atoms with Crippen LogP contribution in [0.3, 0.4) is 0 Å². The van der Waals surface area contributed by atoms with E-state index in [4.69, 9.17) is 5.73 Å².